The lowest BCUT2D eigenvalue weighted by Crippen LogP contribution is -2.57. The predicted octanol–water partition coefficient (Wildman–Crippen LogP) is -2.51. The van der Waals surface area contributed by atoms with Crippen molar-refractivity contribution in [2.75, 3.05) is 6.54 Å². The van der Waals surface area contributed by atoms with Gasteiger partial charge in [-0.05, 0) is 12.8 Å². The van der Waals surface area contributed by atoms with Gasteiger partial charge in [-0.1, -0.05) is 13.8 Å². The fourth-order valence-corrected chi connectivity index (χ4v) is 2.41. The van der Waals surface area contributed by atoms with Crippen LogP contribution in [0.25, 0.3) is 0 Å². The molecule has 0 aromatic carbocycles. The van der Waals surface area contributed by atoms with Gasteiger partial charge in [0, 0.05) is 18.3 Å². The summed E-state index contributed by atoms with van der Waals surface area (Å²) in [6, 6.07) is -3.44. The number of nitrogens with one attached hydrogen (secondary N) is 4. The van der Waals surface area contributed by atoms with Gasteiger partial charge in [-0.2, -0.15) is 0 Å². The smallest absolute Gasteiger partial charge is 0.326 e. The number of hydrogen-bond acceptors (Lipinski definition) is 7. The van der Waals surface area contributed by atoms with Crippen molar-refractivity contribution in [2.45, 2.75) is 51.4 Å². The molecule has 8 N–H and O–H groups in total. The highest BCUT2D eigenvalue weighted by Crippen LogP contribution is 2.02. The number of nitrogens with zero attached hydrogens (tertiary/aromatic N) is 1. The van der Waals surface area contributed by atoms with E-state index in [1.165, 1.54) is 19.4 Å². The Bertz CT molecular complexity index is 705. The summed E-state index contributed by atoms with van der Waals surface area (Å²) in [6.45, 7) is 4.03. The molecule has 3 amide bonds. The molecule has 12 nitrogen and oxygen atoms in total. The first-order valence-corrected chi connectivity index (χ1v) is 9.04. The summed E-state index contributed by atoms with van der Waals surface area (Å²) in [4.78, 5) is 54.1. The molecule has 0 radical (unpaired) electrons. The van der Waals surface area contributed by atoms with Gasteiger partial charge in [-0.25, -0.2) is 9.78 Å². The van der Waals surface area contributed by atoms with Crippen LogP contribution in [0.15, 0.2) is 12.5 Å². The summed E-state index contributed by atoms with van der Waals surface area (Å²) < 4.78 is 0. The van der Waals surface area contributed by atoms with Crippen molar-refractivity contribution >= 4 is 23.7 Å². The van der Waals surface area contributed by atoms with Crippen molar-refractivity contribution in [1.82, 2.24) is 25.9 Å². The van der Waals surface area contributed by atoms with Gasteiger partial charge in [0.1, 0.15) is 12.1 Å². The zero-order valence-corrected chi connectivity index (χ0v) is 16.5. The van der Waals surface area contributed by atoms with Crippen LogP contribution in [-0.4, -0.2) is 74.6 Å². The number of nitrogens with two attached hydrogens (primary N) is 1. The third-order valence-electron chi connectivity index (χ3n) is 4.07. The maximum Gasteiger partial charge on any atom is 0.326 e. The molecule has 1 aromatic rings. The molecular formula is C17H28N6O6. The first kappa shape index (κ1) is 24.0. The number of aliphatic hydroxyl groups is 1. The van der Waals surface area contributed by atoms with Crippen LogP contribution in [0.4, 0.5) is 0 Å². The van der Waals surface area contributed by atoms with Crippen LogP contribution in [0.3, 0.4) is 0 Å². The SMILES string of the molecule is CC(C)C(NC(=O)CNC(=O)C(NC(=O)C(N)Cc1cnc[nH]1)C(C)O)C(=O)O. The van der Waals surface area contributed by atoms with E-state index in [0.717, 1.165) is 0 Å². The van der Waals surface area contributed by atoms with Crippen LogP contribution in [0.1, 0.15) is 26.5 Å². The average Bonchev–Trinajstić information content (AvgIpc) is 3.13. The number of imidazole rings is 1. The molecule has 1 rings (SSSR count). The molecule has 0 aliphatic rings. The zero-order valence-electron chi connectivity index (χ0n) is 16.5. The number of carbonyl (C=O) groups excluding carboxylic acids is 3. The second-order valence-corrected chi connectivity index (χ2v) is 6.96. The Labute approximate surface area is 167 Å². The van der Waals surface area contributed by atoms with Gasteiger partial charge < -0.3 is 36.9 Å². The molecular weight excluding hydrogens is 384 g/mol. The molecule has 4 atom stereocenters. The molecule has 0 saturated heterocycles. The van der Waals surface area contributed by atoms with Gasteiger partial charge in [0.25, 0.3) is 0 Å². The van der Waals surface area contributed by atoms with Crippen LogP contribution >= 0.6 is 0 Å². The Kier molecular flexibility index (Phi) is 9.22. The number of hydrogen-bond donors (Lipinski definition) is 7. The second kappa shape index (κ2) is 11.1. The number of aromatic nitrogens is 2. The number of H-pyrrole nitrogens is 1. The normalized spacial score (nSPS) is 15.1. The number of aliphatic hydroxyl groups excluding tert-OH is 1. The maximum atomic E-state index is 12.3. The van der Waals surface area contributed by atoms with Crippen LogP contribution < -0.4 is 21.7 Å². The molecule has 0 aliphatic heterocycles. The number of rotatable bonds is 11. The van der Waals surface area contributed by atoms with E-state index in [-0.39, 0.29) is 12.3 Å². The molecule has 0 bridgehead atoms. The summed E-state index contributed by atoms with van der Waals surface area (Å²) in [7, 11) is 0. The Morgan fingerprint density at radius 3 is 2.28 bits per heavy atom. The van der Waals surface area contributed by atoms with Gasteiger partial charge in [-0.15, -0.1) is 0 Å². The lowest BCUT2D eigenvalue weighted by molar-refractivity contribution is -0.143. The molecule has 4 unspecified atom stereocenters. The van der Waals surface area contributed by atoms with E-state index in [1.54, 1.807) is 13.8 Å². The molecule has 0 aliphatic carbocycles. The van der Waals surface area contributed by atoms with Crippen LogP contribution in [0.5, 0.6) is 0 Å². The highest BCUT2D eigenvalue weighted by Gasteiger charge is 2.29. The lowest BCUT2D eigenvalue weighted by Gasteiger charge is -2.23. The van der Waals surface area contributed by atoms with Gasteiger partial charge >= 0.3 is 5.97 Å². The highest BCUT2D eigenvalue weighted by atomic mass is 16.4. The maximum absolute atomic E-state index is 12.3. The Morgan fingerprint density at radius 2 is 1.79 bits per heavy atom. The number of amides is 3. The summed E-state index contributed by atoms with van der Waals surface area (Å²) in [5.41, 5.74) is 6.42. The van der Waals surface area contributed by atoms with E-state index in [9.17, 15) is 24.3 Å². The zero-order chi connectivity index (χ0) is 22.1. The number of aromatic amines is 1. The number of carboxylic acids is 1. The lowest BCUT2D eigenvalue weighted by atomic mass is 10.0. The number of carbonyl (C=O) groups is 4. The molecule has 29 heavy (non-hydrogen) atoms. The third-order valence-corrected chi connectivity index (χ3v) is 4.07. The second-order valence-electron chi connectivity index (χ2n) is 6.96. The monoisotopic (exact) mass is 412 g/mol. The minimum Gasteiger partial charge on any atom is -0.480 e. The Balaban J connectivity index is 2.60. The van der Waals surface area contributed by atoms with Crippen LogP contribution in [0, 0.1) is 5.92 Å². The Hall–Kier alpha value is -2.99. The molecule has 1 heterocycles. The molecule has 162 valence electrons. The first-order chi connectivity index (χ1) is 13.5. The third kappa shape index (κ3) is 7.87. The highest BCUT2D eigenvalue weighted by molar-refractivity contribution is 5.93. The summed E-state index contributed by atoms with van der Waals surface area (Å²) in [5.74, 6) is -3.75. The molecule has 0 spiro atoms. The van der Waals surface area contributed by atoms with Crippen LogP contribution in [0.2, 0.25) is 0 Å². The largest absolute Gasteiger partial charge is 0.480 e. The minimum absolute atomic E-state index is 0.147. The van der Waals surface area contributed by atoms with Crippen molar-refractivity contribution in [3.8, 4) is 0 Å². The van der Waals surface area contributed by atoms with Crippen molar-refractivity contribution in [3.63, 3.8) is 0 Å². The van der Waals surface area contributed by atoms with E-state index in [2.05, 4.69) is 25.9 Å². The standard InChI is InChI=1S/C17H28N6O6/c1-8(2)13(17(28)29)22-12(25)6-20-16(27)14(9(3)24)23-15(26)11(18)4-10-5-19-7-21-10/h5,7-9,11,13-14,24H,4,6,18H2,1-3H3,(H,19,21)(H,20,27)(H,22,25)(H,23,26)(H,28,29). The van der Waals surface area contributed by atoms with Crippen LogP contribution in [-0.2, 0) is 25.6 Å². The van der Waals surface area contributed by atoms with Gasteiger partial charge in [-0.3, -0.25) is 14.4 Å². The minimum atomic E-state index is -1.34. The predicted molar refractivity (Wildman–Crippen MR) is 101 cm³/mol. The van der Waals surface area contributed by atoms with Crippen molar-refractivity contribution < 1.29 is 29.4 Å². The van der Waals surface area contributed by atoms with Crippen molar-refractivity contribution in [3.05, 3.63) is 18.2 Å². The quantitative estimate of drug-likeness (QED) is 0.206. The summed E-state index contributed by atoms with van der Waals surface area (Å²) in [6.07, 6.45) is 1.83. The Morgan fingerprint density at radius 1 is 1.14 bits per heavy atom. The van der Waals surface area contributed by atoms with Crippen molar-refractivity contribution in [2.24, 2.45) is 11.7 Å². The summed E-state index contributed by atoms with van der Waals surface area (Å²) >= 11 is 0. The molecule has 1 aromatic heterocycles. The molecule has 12 heteroatoms. The topological polar surface area (TPSA) is 200 Å². The van der Waals surface area contributed by atoms with Gasteiger partial charge in [0.2, 0.25) is 17.7 Å². The van der Waals surface area contributed by atoms with E-state index >= 15 is 0 Å². The van der Waals surface area contributed by atoms with E-state index in [1.807, 2.05) is 0 Å². The van der Waals surface area contributed by atoms with E-state index in [4.69, 9.17) is 10.8 Å². The molecule has 0 saturated carbocycles. The first-order valence-electron chi connectivity index (χ1n) is 9.04. The van der Waals surface area contributed by atoms with Crippen molar-refractivity contribution in [1.29, 1.82) is 0 Å². The number of carboxylic acid groups (broad SMARTS) is 1. The van der Waals surface area contributed by atoms with E-state index in [0.29, 0.717) is 5.69 Å². The average molecular weight is 412 g/mol. The fourth-order valence-electron chi connectivity index (χ4n) is 2.41. The molecule has 0 fully saturated rings. The van der Waals surface area contributed by atoms with Gasteiger partial charge in [0.05, 0.1) is 25.0 Å². The summed E-state index contributed by atoms with van der Waals surface area (Å²) in [5, 5.41) is 25.8. The number of aliphatic carboxylic acids is 1. The van der Waals surface area contributed by atoms with E-state index < -0.39 is 54.5 Å². The fraction of sp³-hybridized carbons (Fsp3) is 0.588. The van der Waals surface area contributed by atoms with Gasteiger partial charge in [0.15, 0.2) is 0 Å².